The molecule has 2 saturated carbocycles. The first-order valence-electron chi connectivity index (χ1n) is 11.7. The maximum absolute atomic E-state index is 13.5. The Labute approximate surface area is 214 Å². The molecule has 192 valence electrons. The van der Waals surface area contributed by atoms with Gasteiger partial charge in [0.2, 0.25) is 5.91 Å². The lowest BCUT2D eigenvalue weighted by molar-refractivity contribution is -0.384. The number of nitrogens with zero attached hydrogens (tertiary/aromatic N) is 1. The van der Waals surface area contributed by atoms with E-state index in [1.165, 1.54) is 36.4 Å². The maximum Gasteiger partial charge on any atom is 0.269 e. The number of nitrogens with two attached hydrogens (primary N) is 1. The van der Waals surface area contributed by atoms with Crippen LogP contribution in [0.15, 0.2) is 36.4 Å². The molecule has 2 aromatic carbocycles. The Kier molecular flexibility index (Phi) is 5.72. The second kappa shape index (κ2) is 8.71. The van der Waals surface area contributed by atoms with Crippen molar-refractivity contribution in [2.45, 2.75) is 24.9 Å². The first-order chi connectivity index (χ1) is 17.9. The largest absolute Gasteiger partial charge is 0.507 e. The summed E-state index contributed by atoms with van der Waals surface area (Å²) >= 11 is 0. The Morgan fingerprint density at radius 2 is 1.71 bits per heavy atom. The first kappa shape index (κ1) is 25.0. The average molecular weight is 516 g/mol. The van der Waals surface area contributed by atoms with Gasteiger partial charge in [0.1, 0.15) is 5.75 Å². The highest BCUT2D eigenvalue weighted by Gasteiger charge is 2.66. The van der Waals surface area contributed by atoms with Gasteiger partial charge in [-0.25, -0.2) is 0 Å². The number of aromatic hydroxyl groups is 1. The molecule has 1 amide bonds. The molecule has 4 N–H and O–H groups in total. The molecule has 0 saturated heterocycles. The van der Waals surface area contributed by atoms with E-state index in [-0.39, 0.29) is 24.1 Å². The van der Waals surface area contributed by atoms with Crippen LogP contribution in [-0.2, 0) is 25.6 Å². The van der Waals surface area contributed by atoms with Crippen LogP contribution in [-0.4, -0.2) is 49.8 Å². The quantitative estimate of drug-likeness (QED) is 0.222. The number of amides is 1. The van der Waals surface area contributed by atoms with E-state index in [0.717, 1.165) is 0 Å². The van der Waals surface area contributed by atoms with Gasteiger partial charge in [-0.1, -0.05) is 11.8 Å². The summed E-state index contributed by atoms with van der Waals surface area (Å²) in [7, 11) is 0. The molecule has 0 aromatic heterocycles. The van der Waals surface area contributed by atoms with Gasteiger partial charge >= 0.3 is 0 Å². The van der Waals surface area contributed by atoms with E-state index in [1.54, 1.807) is 0 Å². The standard InChI is InChI=1S/C27H20N2O9/c28-26(35)22-19(31)11-15-9-14-10-17-13(4-1-12-2-6-16(7-3-12)29(37)38)5-8-18(30)21(17)23(32)20(14)24(33)27(15,36)25(22)34/h2-3,5-8,14-15,20,22,30,36H,9-11H2,(H2,28,35)/t14-,15+,20?,22?,27+/m1/s1. The van der Waals surface area contributed by atoms with Gasteiger partial charge in [-0.05, 0) is 48.6 Å². The molecule has 2 aromatic rings. The number of primary amides is 1. The number of nitro benzene ring substituents is 1. The second-order valence-corrected chi connectivity index (χ2v) is 9.78. The first-order valence-corrected chi connectivity index (χ1v) is 11.7. The number of Topliss-reactive ketones (excluding diaryl/α,β-unsaturated/α-hetero) is 4. The molecule has 0 radical (unpaired) electrons. The molecule has 11 nitrogen and oxygen atoms in total. The summed E-state index contributed by atoms with van der Waals surface area (Å²) in [5, 5.41) is 32.6. The number of non-ortho nitro benzene ring substituents is 1. The van der Waals surface area contributed by atoms with Gasteiger partial charge in [-0.3, -0.25) is 34.1 Å². The SMILES string of the molecule is NC(=O)C1C(=O)C[C@@H]2C[C@@H]3Cc4c(C#Cc5ccc([N+](=O)[O-])cc5)ccc(O)c4C(=O)C3C(=O)[C@]2(O)C1=O. The predicted octanol–water partition coefficient (Wildman–Crippen LogP) is 0.635. The lowest BCUT2D eigenvalue weighted by Gasteiger charge is -2.48. The molecular formula is C27H20N2O9. The third kappa shape index (κ3) is 3.61. The van der Waals surface area contributed by atoms with Gasteiger partial charge < -0.3 is 15.9 Å². The van der Waals surface area contributed by atoms with Crippen LogP contribution in [0.3, 0.4) is 0 Å². The molecule has 5 atom stereocenters. The smallest absolute Gasteiger partial charge is 0.269 e. The Morgan fingerprint density at radius 1 is 1.03 bits per heavy atom. The molecule has 2 fully saturated rings. The van der Waals surface area contributed by atoms with Gasteiger partial charge in [0.25, 0.3) is 5.69 Å². The number of phenolic OH excluding ortho intramolecular Hbond substituents is 1. The van der Waals surface area contributed by atoms with E-state index in [1.807, 2.05) is 0 Å². The van der Waals surface area contributed by atoms with Gasteiger partial charge in [-0.2, -0.15) is 0 Å². The van der Waals surface area contributed by atoms with Crippen LogP contribution in [0, 0.1) is 45.6 Å². The topological polar surface area (TPSA) is 195 Å². The van der Waals surface area contributed by atoms with Crippen LogP contribution in [0.2, 0.25) is 0 Å². The number of fused-ring (bicyclic) bond motifs is 3. The van der Waals surface area contributed by atoms with Crippen molar-refractivity contribution in [3.8, 4) is 17.6 Å². The Morgan fingerprint density at radius 3 is 2.34 bits per heavy atom. The average Bonchev–Trinajstić information content (AvgIpc) is 2.85. The van der Waals surface area contributed by atoms with Crippen molar-refractivity contribution >= 4 is 34.7 Å². The molecule has 0 spiro atoms. The zero-order valence-corrected chi connectivity index (χ0v) is 19.7. The second-order valence-electron chi connectivity index (χ2n) is 9.78. The molecule has 3 aliphatic rings. The number of benzene rings is 2. The van der Waals surface area contributed by atoms with E-state index in [2.05, 4.69) is 11.8 Å². The zero-order valence-electron chi connectivity index (χ0n) is 19.7. The van der Waals surface area contributed by atoms with E-state index in [4.69, 9.17) is 5.73 Å². The molecule has 0 heterocycles. The highest BCUT2D eigenvalue weighted by Crippen LogP contribution is 2.50. The molecule has 38 heavy (non-hydrogen) atoms. The van der Waals surface area contributed by atoms with Crippen LogP contribution in [0.5, 0.6) is 5.75 Å². The van der Waals surface area contributed by atoms with Gasteiger partial charge in [-0.15, -0.1) is 0 Å². The van der Waals surface area contributed by atoms with Crippen molar-refractivity contribution in [3.63, 3.8) is 0 Å². The Bertz CT molecular complexity index is 1530. The van der Waals surface area contributed by atoms with Crippen molar-refractivity contribution in [2.24, 2.45) is 29.4 Å². The summed E-state index contributed by atoms with van der Waals surface area (Å²) in [5.41, 5.74) is 3.47. The fourth-order valence-corrected chi connectivity index (χ4v) is 5.89. The minimum absolute atomic E-state index is 0.0219. The summed E-state index contributed by atoms with van der Waals surface area (Å²) in [6.45, 7) is 0. The number of rotatable bonds is 2. The van der Waals surface area contributed by atoms with Crippen molar-refractivity contribution in [3.05, 3.63) is 68.8 Å². The molecule has 5 rings (SSSR count). The number of aliphatic hydroxyl groups is 1. The third-order valence-corrected chi connectivity index (χ3v) is 7.71. The number of hydrogen-bond donors (Lipinski definition) is 3. The van der Waals surface area contributed by atoms with Crippen molar-refractivity contribution < 1.29 is 39.1 Å². The molecule has 3 aliphatic carbocycles. The Balaban J connectivity index is 1.53. The molecule has 0 bridgehead atoms. The van der Waals surface area contributed by atoms with Crippen LogP contribution in [0.4, 0.5) is 5.69 Å². The fourth-order valence-electron chi connectivity index (χ4n) is 5.89. The summed E-state index contributed by atoms with van der Waals surface area (Å²) in [6.07, 6.45) is -0.338. The molecular weight excluding hydrogens is 496 g/mol. The highest BCUT2D eigenvalue weighted by molar-refractivity contribution is 6.31. The van der Waals surface area contributed by atoms with Crippen molar-refractivity contribution in [1.29, 1.82) is 0 Å². The normalized spacial score (nSPS) is 27.9. The monoisotopic (exact) mass is 516 g/mol. The molecule has 0 aliphatic heterocycles. The van der Waals surface area contributed by atoms with Crippen molar-refractivity contribution in [1.82, 2.24) is 0 Å². The summed E-state index contributed by atoms with van der Waals surface area (Å²) in [4.78, 5) is 74.5. The molecule has 11 heteroatoms. The fraction of sp³-hybridized carbons (Fsp3) is 0.296. The number of ketones is 4. The lowest BCUT2D eigenvalue weighted by atomic mass is 9.53. The number of nitro groups is 1. The molecule has 2 unspecified atom stereocenters. The highest BCUT2D eigenvalue weighted by atomic mass is 16.6. The summed E-state index contributed by atoms with van der Waals surface area (Å²) in [5.74, 6) is -5.08. The predicted molar refractivity (Wildman–Crippen MR) is 128 cm³/mol. The van der Waals surface area contributed by atoms with Crippen molar-refractivity contribution in [2.75, 3.05) is 0 Å². The van der Waals surface area contributed by atoms with Gasteiger partial charge in [0.15, 0.2) is 34.7 Å². The lowest BCUT2D eigenvalue weighted by Crippen LogP contribution is -2.68. The van der Waals surface area contributed by atoms with E-state index >= 15 is 0 Å². The third-order valence-electron chi connectivity index (χ3n) is 7.71. The van der Waals surface area contributed by atoms with Gasteiger partial charge in [0.05, 0.1) is 16.4 Å². The minimum atomic E-state index is -2.70. The van der Waals surface area contributed by atoms with Crippen LogP contribution < -0.4 is 5.73 Å². The Hall–Kier alpha value is -4.69. The van der Waals surface area contributed by atoms with Crippen LogP contribution >= 0.6 is 0 Å². The van der Waals surface area contributed by atoms with Crippen LogP contribution in [0.1, 0.15) is 39.9 Å². The summed E-state index contributed by atoms with van der Waals surface area (Å²) in [6, 6.07) is 8.29. The van der Waals surface area contributed by atoms with E-state index in [0.29, 0.717) is 16.7 Å². The minimum Gasteiger partial charge on any atom is -0.507 e. The number of carbonyl (C=O) groups excluding carboxylic acids is 5. The van der Waals surface area contributed by atoms with Crippen LogP contribution in [0.25, 0.3) is 0 Å². The van der Waals surface area contributed by atoms with E-state index in [9.17, 15) is 44.3 Å². The maximum atomic E-state index is 13.5. The van der Waals surface area contributed by atoms with E-state index < -0.39 is 75.4 Å². The van der Waals surface area contributed by atoms with Gasteiger partial charge in [0, 0.05) is 35.6 Å². The number of hydrogen-bond acceptors (Lipinski definition) is 9. The zero-order chi connectivity index (χ0) is 27.5. The number of carbonyl (C=O) groups is 5. The summed E-state index contributed by atoms with van der Waals surface area (Å²) < 4.78 is 0. The number of phenols is 1.